The fourth-order valence-corrected chi connectivity index (χ4v) is 2.95. The van der Waals surface area contributed by atoms with E-state index in [1.165, 1.54) is 30.4 Å². The van der Waals surface area contributed by atoms with Gasteiger partial charge < -0.3 is 14.8 Å². The van der Waals surface area contributed by atoms with Crippen molar-refractivity contribution in [2.75, 3.05) is 26.9 Å². The van der Waals surface area contributed by atoms with Gasteiger partial charge in [0.05, 0.1) is 7.11 Å². The molecule has 1 atom stereocenters. The van der Waals surface area contributed by atoms with Crippen molar-refractivity contribution in [1.82, 2.24) is 5.32 Å². The summed E-state index contributed by atoms with van der Waals surface area (Å²) in [4.78, 5) is 0. The van der Waals surface area contributed by atoms with E-state index in [0.29, 0.717) is 6.04 Å². The van der Waals surface area contributed by atoms with E-state index in [0.717, 1.165) is 31.4 Å². The Kier molecular flexibility index (Phi) is 5.86. The third kappa shape index (κ3) is 3.97. The van der Waals surface area contributed by atoms with Gasteiger partial charge in [0.2, 0.25) is 0 Å². The molecule has 20 heavy (non-hydrogen) atoms. The van der Waals surface area contributed by atoms with E-state index >= 15 is 0 Å². The summed E-state index contributed by atoms with van der Waals surface area (Å²) in [6, 6.07) is 6.98. The van der Waals surface area contributed by atoms with Crippen molar-refractivity contribution in [3.05, 3.63) is 29.3 Å². The Balaban J connectivity index is 2.10. The van der Waals surface area contributed by atoms with Crippen LogP contribution in [0.4, 0.5) is 0 Å². The fourth-order valence-electron chi connectivity index (χ4n) is 2.95. The van der Waals surface area contributed by atoms with Crippen LogP contribution in [-0.4, -0.2) is 26.9 Å². The van der Waals surface area contributed by atoms with Gasteiger partial charge in [0.25, 0.3) is 0 Å². The van der Waals surface area contributed by atoms with E-state index in [9.17, 15) is 0 Å². The Morgan fingerprint density at radius 1 is 1.35 bits per heavy atom. The lowest BCUT2D eigenvalue weighted by molar-refractivity contribution is 0.0605. The highest BCUT2D eigenvalue weighted by atomic mass is 16.5. The molecule has 1 aliphatic heterocycles. The van der Waals surface area contributed by atoms with Crippen LogP contribution in [-0.2, 0) is 4.74 Å². The van der Waals surface area contributed by atoms with Crippen LogP contribution in [0, 0.1) is 12.8 Å². The molecule has 1 heterocycles. The molecule has 1 aliphatic rings. The molecule has 1 N–H and O–H groups in total. The van der Waals surface area contributed by atoms with Gasteiger partial charge in [-0.3, -0.25) is 0 Å². The third-order valence-electron chi connectivity index (χ3n) is 4.19. The van der Waals surface area contributed by atoms with Crippen LogP contribution in [0.15, 0.2) is 18.2 Å². The largest absolute Gasteiger partial charge is 0.496 e. The predicted molar refractivity (Wildman–Crippen MR) is 82.3 cm³/mol. The summed E-state index contributed by atoms with van der Waals surface area (Å²) in [5.74, 6) is 1.75. The van der Waals surface area contributed by atoms with Crippen LogP contribution in [0.3, 0.4) is 0 Å². The maximum Gasteiger partial charge on any atom is 0.122 e. The number of methoxy groups -OCH3 is 1. The van der Waals surface area contributed by atoms with E-state index < -0.39 is 0 Å². The highest BCUT2D eigenvalue weighted by molar-refractivity contribution is 5.37. The van der Waals surface area contributed by atoms with Gasteiger partial charge in [0.15, 0.2) is 0 Å². The summed E-state index contributed by atoms with van der Waals surface area (Å²) in [6.45, 7) is 7.08. The Hall–Kier alpha value is -1.06. The molecule has 0 amide bonds. The molecule has 0 bridgehead atoms. The summed E-state index contributed by atoms with van der Waals surface area (Å²) in [7, 11) is 1.74. The summed E-state index contributed by atoms with van der Waals surface area (Å²) < 4.78 is 10.9. The highest BCUT2D eigenvalue weighted by Crippen LogP contribution is 2.30. The number of ether oxygens (including phenoxy) is 2. The normalized spacial score (nSPS) is 17.9. The first-order valence-electron chi connectivity index (χ1n) is 7.70. The number of nitrogens with one attached hydrogen (secondary N) is 1. The van der Waals surface area contributed by atoms with E-state index in [1.54, 1.807) is 7.11 Å². The van der Waals surface area contributed by atoms with Gasteiger partial charge in [0, 0.05) is 19.3 Å². The summed E-state index contributed by atoms with van der Waals surface area (Å²) in [5.41, 5.74) is 2.53. The van der Waals surface area contributed by atoms with Gasteiger partial charge in [-0.2, -0.15) is 0 Å². The molecule has 1 fully saturated rings. The minimum Gasteiger partial charge on any atom is -0.496 e. The molecule has 1 aromatic carbocycles. The standard InChI is InChI=1S/C17H27NO2/c1-4-18-16(11-14-7-9-20-10-8-14)15-6-5-13(2)17(12-15)19-3/h5-6,12,14,16,18H,4,7-11H2,1-3H3. The molecule has 0 saturated carbocycles. The van der Waals surface area contributed by atoms with Crippen LogP contribution >= 0.6 is 0 Å². The fraction of sp³-hybridized carbons (Fsp3) is 0.647. The first-order valence-corrected chi connectivity index (χ1v) is 7.70. The van der Waals surface area contributed by atoms with Gasteiger partial charge in [0.1, 0.15) is 5.75 Å². The molecule has 0 spiro atoms. The van der Waals surface area contributed by atoms with Crippen molar-refractivity contribution in [3.8, 4) is 5.75 Å². The molecule has 1 saturated heterocycles. The highest BCUT2D eigenvalue weighted by Gasteiger charge is 2.20. The zero-order valence-electron chi connectivity index (χ0n) is 12.9. The second-order valence-electron chi connectivity index (χ2n) is 5.63. The average Bonchev–Trinajstić information content (AvgIpc) is 2.48. The number of hydrogen-bond donors (Lipinski definition) is 1. The Labute approximate surface area is 122 Å². The summed E-state index contributed by atoms with van der Waals surface area (Å²) in [6.07, 6.45) is 3.55. The van der Waals surface area contributed by atoms with Crippen molar-refractivity contribution in [2.45, 2.75) is 39.2 Å². The average molecular weight is 277 g/mol. The topological polar surface area (TPSA) is 30.5 Å². The van der Waals surface area contributed by atoms with Crippen molar-refractivity contribution >= 4 is 0 Å². The molecule has 3 nitrogen and oxygen atoms in total. The Morgan fingerprint density at radius 2 is 2.10 bits per heavy atom. The van der Waals surface area contributed by atoms with Gasteiger partial charge in [-0.1, -0.05) is 19.1 Å². The molecule has 2 rings (SSSR count). The second-order valence-corrected chi connectivity index (χ2v) is 5.63. The van der Waals surface area contributed by atoms with Gasteiger partial charge >= 0.3 is 0 Å². The Bertz CT molecular complexity index is 413. The van der Waals surface area contributed by atoms with Crippen LogP contribution < -0.4 is 10.1 Å². The lowest BCUT2D eigenvalue weighted by Gasteiger charge is -2.27. The monoisotopic (exact) mass is 277 g/mol. The van der Waals surface area contributed by atoms with Crippen LogP contribution in [0.5, 0.6) is 5.75 Å². The van der Waals surface area contributed by atoms with Crippen molar-refractivity contribution in [1.29, 1.82) is 0 Å². The van der Waals surface area contributed by atoms with Gasteiger partial charge in [-0.05, 0) is 55.8 Å². The van der Waals surface area contributed by atoms with Crippen molar-refractivity contribution in [3.63, 3.8) is 0 Å². The lowest BCUT2D eigenvalue weighted by atomic mass is 9.89. The zero-order chi connectivity index (χ0) is 14.4. The Morgan fingerprint density at radius 3 is 2.75 bits per heavy atom. The molecule has 1 aromatic rings. The van der Waals surface area contributed by atoms with Crippen LogP contribution in [0.2, 0.25) is 0 Å². The van der Waals surface area contributed by atoms with Gasteiger partial charge in [-0.15, -0.1) is 0 Å². The number of hydrogen-bond acceptors (Lipinski definition) is 3. The first kappa shape index (κ1) is 15.3. The molecule has 0 radical (unpaired) electrons. The van der Waals surface area contributed by atoms with Crippen LogP contribution in [0.25, 0.3) is 0 Å². The quantitative estimate of drug-likeness (QED) is 0.863. The molecule has 112 valence electrons. The number of aryl methyl sites for hydroxylation is 1. The first-order chi connectivity index (χ1) is 9.74. The molecule has 0 aromatic heterocycles. The van der Waals surface area contributed by atoms with E-state index in [2.05, 4.69) is 37.4 Å². The van der Waals surface area contributed by atoms with Crippen LogP contribution in [0.1, 0.15) is 43.4 Å². The summed E-state index contributed by atoms with van der Waals surface area (Å²) >= 11 is 0. The molecule has 3 heteroatoms. The number of rotatable bonds is 6. The molecular weight excluding hydrogens is 250 g/mol. The van der Waals surface area contributed by atoms with E-state index in [-0.39, 0.29) is 0 Å². The molecule has 0 aliphatic carbocycles. The molecule has 1 unspecified atom stereocenters. The molecular formula is C17H27NO2. The maximum absolute atomic E-state index is 5.46. The van der Waals surface area contributed by atoms with Crippen molar-refractivity contribution in [2.24, 2.45) is 5.92 Å². The third-order valence-corrected chi connectivity index (χ3v) is 4.19. The predicted octanol–water partition coefficient (Wildman–Crippen LogP) is 3.47. The lowest BCUT2D eigenvalue weighted by Crippen LogP contribution is -2.26. The SMILES string of the molecule is CCNC(CC1CCOCC1)c1ccc(C)c(OC)c1. The van der Waals surface area contributed by atoms with E-state index in [4.69, 9.17) is 9.47 Å². The maximum atomic E-state index is 5.46. The zero-order valence-corrected chi connectivity index (χ0v) is 12.9. The number of benzene rings is 1. The summed E-state index contributed by atoms with van der Waals surface area (Å²) in [5, 5.41) is 3.62. The minimum atomic E-state index is 0.414. The van der Waals surface area contributed by atoms with E-state index in [1.807, 2.05) is 0 Å². The minimum absolute atomic E-state index is 0.414. The van der Waals surface area contributed by atoms with Gasteiger partial charge in [-0.25, -0.2) is 0 Å². The smallest absolute Gasteiger partial charge is 0.122 e. The second kappa shape index (κ2) is 7.65. The van der Waals surface area contributed by atoms with Crippen molar-refractivity contribution < 1.29 is 9.47 Å².